The van der Waals surface area contributed by atoms with E-state index in [0.29, 0.717) is 6.10 Å². The lowest BCUT2D eigenvalue weighted by Gasteiger charge is -2.27. The van der Waals surface area contributed by atoms with Crippen LogP contribution in [0.25, 0.3) is 0 Å². The van der Waals surface area contributed by atoms with Gasteiger partial charge in [-0.3, -0.25) is 0 Å². The first-order valence-corrected chi connectivity index (χ1v) is 5.56. The Kier molecular flexibility index (Phi) is 4.35. The third-order valence-corrected chi connectivity index (χ3v) is 2.53. The van der Waals surface area contributed by atoms with Crippen LogP contribution in [0.2, 0.25) is 0 Å². The monoisotopic (exact) mass is 200 g/mol. The van der Waals surface area contributed by atoms with Crippen molar-refractivity contribution in [2.24, 2.45) is 5.73 Å². The smallest absolute Gasteiger partial charge is 0.0588 e. The maximum Gasteiger partial charge on any atom is 0.0588 e. The van der Waals surface area contributed by atoms with E-state index in [2.05, 4.69) is 25.8 Å². The van der Waals surface area contributed by atoms with Crippen LogP contribution in [0.5, 0.6) is 0 Å². The SMILES string of the molecule is CN(CCC1CCCO1)CC(C)(C)N. The fourth-order valence-electron chi connectivity index (χ4n) is 2.01. The summed E-state index contributed by atoms with van der Waals surface area (Å²) in [5.41, 5.74) is 5.86. The van der Waals surface area contributed by atoms with Crippen molar-refractivity contribution >= 4 is 0 Å². The van der Waals surface area contributed by atoms with Crippen LogP contribution >= 0.6 is 0 Å². The van der Waals surface area contributed by atoms with Gasteiger partial charge in [0.2, 0.25) is 0 Å². The molecule has 1 aliphatic rings. The lowest BCUT2D eigenvalue weighted by atomic mass is 10.1. The molecule has 0 radical (unpaired) electrons. The molecule has 1 rings (SSSR count). The molecule has 1 saturated heterocycles. The molecule has 84 valence electrons. The normalized spacial score (nSPS) is 23.4. The van der Waals surface area contributed by atoms with Crippen LogP contribution in [0.4, 0.5) is 0 Å². The molecule has 3 nitrogen and oxygen atoms in total. The van der Waals surface area contributed by atoms with E-state index in [1.165, 1.54) is 12.8 Å². The van der Waals surface area contributed by atoms with Gasteiger partial charge in [0.05, 0.1) is 6.10 Å². The van der Waals surface area contributed by atoms with Gasteiger partial charge in [0.15, 0.2) is 0 Å². The number of ether oxygens (including phenoxy) is 1. The van der Waals surface area contributed by atoms with Crippen molar-refractivity contribution in [1.29, 1.82) is 0 Å². The summed E-state index contributed by atoms with van der Waals surface area (Å²) < 4.78 is 5.58. The van der Waals surface area contributed by atoms with E-state index in [9.17, 15) is 0 Å². The third-order valence-electron chi connectivity index (χ3n) is 2.53. The minimum absolute atomic E-state index is 0.0920. The van der Waals surface area contributed by atoms with E-state index in [4.69, 9.17) is 10.5 Å². The van der Waals surface area contributed by atoms with Gasteiger partial charge in [-0.2, -0.15) is 0 Å². The molecule has 0 amide bonds. The second-order valence-corrected chi connectivity index (χ2v) is 5.15. The number of nitrogens with zero attached hydrogens (tertiary/aromatic N) is 1. The predicted molar refractivity (Wildman–Crippen MR) is 59.4 cm³/mol. The molecule has 1 atom stereocenters. The average molecular weight is 200 g/mol. The van der Waals surface area contributed by atoms with Gasteiger partial charge in [-0.1, -0.05) is 0 Å². The molecule has 14 heavy (non-hydrogen) atoms. The van der Waals surface area contributed by atoms with Gasteiger partial charge in [0, 0.05) is 25.2 Å². The summed E-state index contributed by atoms with van der Waals surface area (Å²) in [7, 11) is 2.13. The highest BCUT2D eigenvalue weighted by Crippen LogP contribution is 2.15. The quantitative estimate of drug-likeness (QED) is 0.725. The molecule has 3 heteroatoms. The Balaban J connectivity index is 2.11. The molecule has 2 N–H and O–H groups in total. The zero-order chi connectivity index (χ0) is 10.6. The summed E-state index contributed by atoms with van der Waals surface area (Å²) in [6, 6.07) is 0. The van der Waals surface area contributed by atoms with E-state index < -0.39 is 0 Å². The molecule has 1 fully saturated rings. The first-order chi connectivity index (χ1) is 6.47. The Morgan fingerprint density at radius 3 is 2.71 bits per heavy atom. The third kappa shape index (κ3) is 4.94. The van der Waals surface area contributed by atoms with Crippen molar-refractivity contribution in [1.82, 2.24) is 4.90 Å². The van der Waals surface area contributed by atoms with Crippen molar-refractivity contribution in [2.45, 2.75) is 44.8 Å². The van der Waals surface area contributed by atoms with Crippen molar-refractivity contribution in [3.05, 3.63) is 0 Å². The highest BCUT2D eigenvalue weighted by atomic mass is 16.5. The minimum Gasteiger partial charge on any atom is -0.378 e. The number of nitrogens with two attached hydrogens (primary N) is 1. The zero-order valence-corrected chi connectivity index (χ0v) is 9.75. The molecular weight excluding hydrogens is 176 g/mol. The van der Waals surface area contributed by atoms with Crippen molar-refractivity contribution in [2.75, 3.05) is 26.7 Å². The summed E-state index contributed by atoms with van der Waals surface area (Å²) in [6.45, 7) is 7.12. The fraction of sp³-hybridized carbons (Fsp3) is 1.00. The molecule has 1 aliphatic heterocycles. The summed E-state index contributed by atoms with van der Waals surface area (Å²) in [4.78, 5) is 2.29. The van der Waals surface area contributed by atoms with Crippen molar-refractivity contribution in [3.8, 4) is 0 Å². The van der Waals surface area contributed by atoms with Gasteiger partial charge in [0.25, 0.3) is 0 Å². The number of hydrogen-bond donors (Lipinski definition) is 1. The summed E-state index contributed by atoms with van der Waals surface area (Å²) >= 11 is 0. The molecule has 0 saturated carbocycles. The number of rotatable bonds is 5. The maximum absolute atomic E-state index is 5.95. The first kappa shape index (κ1) is 12.0. The van der Waals surface area contributed by atoms with Crippen LogP contribution in [0, 0.1) is 0 Å². The number of hydrogen-bond acceptors (Lipinski definition) is 3. The average Bonchev–Trinajstić information content (AvgIpc) is 2.49. The lowest BCUT2D eigenvalue weighted by molar-refractivity contribution is 0.0930. The fourth-order valence-corrected chi connectivity index (χ4v) is 2.01. The Bertz CT molecular complexity index is 159. The molecule has 1 heterocycles. The van der Waals surface area contributed by atoms with E-state index in [0.717, 1.165) is 26.1 Å². The van der Waals surface area contributed by atoms with Crippen LogP contribution in [0.1, 0.15) is 33.1 Å². The highest BCUT2D eigenvalue weighted by molar-refractivity contribution is 4.76. The van der Waals surface area contributed by atoms with Gasteiger partial charge in [-0.25, -0.2) is 0 Å². The Labute approximate surface area is 87.6 Å². The second kappa shape index (κ2) is 5.10. The second-order valence-electron chi connectivity index (χ2n) is 5.15. The molecular formula is C11H24N2O. The van der Waals surface area contributed by atoms with Crippen molar-refractivity contribution < 1.29 is 4.74 Å². The van der Waals surface area contributed by atoms with E-state index in [1.54, 1.807) is 0 Å². The van der Waals surface area contributed by atoms with Crippen LogP contribution in [0.3, 0.4) is 0 Å². The zero-order valence-electron chi connectivity index (χ0n) is 9.75. The standard InChI is InChI=1S/C11H24N2O/c1-11(2,12)9-13(3)7-6-10-5-4-8-14-10/h10H,4-9,12H2,1-3H3. The summed E-state index contributed by atoms with van der Waals surface area (Å²) in [5, 5.41) is 0. The molecule has 0 aromatic heterocycles. The van der Waals surface area contributed by atoms with Crippen LogP contribution in [0.15, 0.2) is 0 Å². The lowest BCUT2D eigenvalue weighted by Crippen LogP contribution is -2.44. The van der Waals surface area contributed by atoms with Gasteiger partial charge in [0.1, 0.15) is 0 Å². The largest absolute Gasteiger partial charge is 0.378 e. The Morgan fingerprint density at radius 2 is 2.21 bits per heavy atom. The Morgan fingerprint density at radius 1 is 1.50 bits per heavy atom. The van der Waals surface area contributed by atoms with Crippen molar-refractivity contribution in [3.63, 3.8) is 0 Å². The van der Waals surface area contributed by atoms with Gasteiger partial charge in [-0.15, -0.1) is 0 Å². The molecule has 0 spiro atoms. The van der Waals surface area contributed by atoms with Gasteiger partial charge in [-0.05, 0) is 40.2 Å². The highest BCUT2D eigenvalue weighted by Gasteiger charge is 2.18. The van der Waals surface area contributed by atoms with E-state index >= 15 is 0 Å². The maximum atomic E-state index is 5.95. The molecule has 1 unspecified atom stereocenters. The predicted octanol–water partition coefficient (Wildman–Crippen LogP) is 1.22. The molecule has 0 aromatic carbocycles. The van der Waals surface area contributed by atoms with Crippen LogP contribution in [-0.4, -0.2) is 43.3 Å². The minimum atomic E-state index is -0.0920. The summed E-state index contributed by atoms with van der Waals surface area (Å²) in [5.74, 6) is 0. The molecule has 0 aromatic rings. The summed E-state index contributed by atoms with van der Waals surface area (Å²) in [6.07, 6.45) is 4.11. The van der Waals surface area contributed by atoms with Gasteiger partial charge < -0.3 is 15.4 Å². The first-order valence-electron chi connectivity index (χ1n) is 5.56. The topological polar surface area (TPSA) is 38.5 Å². The molecule has 0 aliphatic carbocycles. The van der Waals surface area contributed by atoms with Crippen LogP contribution in [-0.2, 0) is 4.74 Å². The van der Waals surface area contributed by atoms with Crippen LogP contribution < -0.4 is 5.73 Å². The van der Waals surface area contributed by atoms with Gasteiger partial charge >= 0.3 is 0 Å². The van der Waals surface area contributed by atoms with E-state index in [-0.39, 0.29) is 5.54 Å². The molecule has 0 bridgehead atoms. The number of likely N-dealkylation sites (N-methyl/N-ethyl adjacent to an activating group) is 1. The van der Waals surface area contributed by atoms with E-state index in [1.807, 2.05) is 0 Å². The Hall–Kier alpha value is -0.120.